The lowest BCUT2D eigenvalue weighted by atomic mass is 10.0. The maximum Gasteiger partial charge on any atom is 0.389 e. The van der Waals surface area contributed by atoms with Gasteiger partial charge in [-0.25, -0.2) is 0 Å². The third kappa shape index (κ3) is 4.26. The van der Waals surface area contributed by atoms with Crippen LogP contribution in [0.4, 0.5) is 13.2 Å². The lowest BCUT2D eigenvalue weighted by molar-refractivity contribution is -0.140. The van der Waals surface area contributed by atoms with Crippen molar-refractivity contribution in [2.45, 2.75) is 32.0 Å². The van der Waals surface area contributed by atoms with Gasteiger partial charge in [-0.15, -0.1) is 0 Å². The quantitative estimate of drug-likeness (QED) is 0.885. The molecule has 0 aromatic heterocycles. The van der Waals surface area contributed by atoms with Crippen LogP contribution in [0.2, 0.25) is 0 Å². The average Bonchev–Trinajstić information content (AvgIpc) is 2.24. The molecule has 0 fully saturated rings. The molecule has 5 heteroatoms. The normalized spacial score (nSPS) is 13.5. The van der Waals surface area contributed by atoms with Gasteiger partial charge in [0, 0.05) is 12.0 Å². The van der Waals surface area contributed by atoms with Crippen molar-refractivity contribution < 1.29 is 23.0 Å². The number of hydrogen-bond donors (Lipinski definition) is 1. The zero-order valence-electron chi connectivity index (χ0n) is 9.71. The van der Waals surface area contributed by atoms with Crippen LogP contribution in [-0.2, 0) is 0 Å². The Balaban J connectivity index is 2.78. The molecular weight excluding hydrogens is 233 g/mol. The summed E-state index contributed by atoms with van der Waals surface area (Å²) in [7, 11) is 1.43. The number of methoxy groups -OCH3 is 1. The molecule has 0 aliphatic rings. The molecular formula is C12H15F3O2. The molecule has 0 spiro atoms. The molecule has 0 radical (unpaired) electrons. The zero-order chi connectivity index (χ0) is 13.1. The number of aliphatic hydroxyl groups is 1. The zero-order valence-corrected chi connectivity index (χ0v) is 9.71. The first-order valence-corrected chi connectivity index (χ1v) is 5.23. The molecule has 96 valence electrons. The molecule has 1 rings (SSSR count). The Morgan fingerprint density at radius 1 is 1.35 bits per heavy atom. The maximum absolute atomic E-state index is 12.0. The van der Waals surface area contributed by atoms with E-state index in [0.29, 0.717) is 11.3 Å². The van der Waals surface area contributed by atoms with Gasteiger partial charge in [-0.2, -0.15) is 13.2 Å². The SMILES string of the molecule is COc1cc(C)ccc1C(O)CCC(F)(F)F. The Morgan fingerprint density at radius 3 is 2.53 bits per heavy atom. The lowest BCUT2D eigenvalue weighted by Gasteiger charge is -2.16. The van der Waals surface area contributed by atoms with Crippen LogP contribution in [0, 0.1) is 6.92 Å². The highest BCUT2D eigenvalue weighted by atomic mass is 19.4. The van der Waals surface area contributed by atoms with Crippen LogP contribution in [0.1, 0.15) is 30.1 Å². The number of benzene rings is 1. The van der Waals surface area contributed by atoms with E-state index in [2.05, 4.69) is 0 Å². The van der Waals surface area contributed by atoms with Gasteiger partial charge in [0.1, 0.15) is 5.75 Å². The standard InChI is InChI=1S/C12H15F3O2/c1-8-3-4-9(11(7-8)17-2)10(16)5-6-12(13,14)15/h3-4,7,10,16H,5-6H2,1-2H3. The van der Waals surface area contributed by atoms with E-state index in [1.54, 1.807) is 18.2 Å². The van der Waals surface area contributed by atoms with Crippen LogP contribution in [0.15, 0.2) is 18.2 Å². The summed E-state index contributed by atoms with van der Waals surface area (Å²) in [5.74, 6) is 0.416. The molecule has 1 unspecified atom stereocenters. The van der Waals surface area contributed by atoms with Crippen molar-refractivity contribution in [2.24, 2.45) is 0 Å². The van der Waals surface area contributed by atoms with Gasteiger partial charge in [0.2, 0.25) is 0 Å². The Morgan fingerprint density at radius 2 is 2.00 bits per heavy atom. The Hall–Kier alpha value is -1.23. The third-order valence-corrected chi connectivity index (χ3v) is 2.45. The van der Waals surface area contributed by atoms with Crippen LogP contribution in [0.5, 0.6) is 5.75 Å². The monoisotopic (exact) mass is 248 g/mol. The molecule has 0 aliphatic carbocycles. The van der Waals surface area contributed by atoms with Crippen molar-refractivity contribution >= 4 is 0 Å². The summed E-state index contributed by atoms with van der Waals surface area (Å²) >= 11 is 0. The lowest BCUT2D eigenvalue weighted by Crippen LogP contribution is -2.10. The van der Waals surface area contributed by atoms with Crippen molar-refractivity contribution in [3.63, 3.8) is 0 Å². The molecule has 0 saturated heterocycles. The molecule has 1 aromatic carbocycles. The number of aryl methyl sites for hydroxylation is 1. The number of rotatable bonds is 4. The molecule has 0 bridgehead atoms. The summed E-state index contributed by atoms with van der Waals surface area (Å²) in [5.41, 5.74) is 1.32. The highest BCUT2D eigenvalue weighted by Gasteiger charge is 2.28. The van der Waals surface area contributed by atoms with Crippen molar-refractivity contribution in [1.82, 2.24) is 0 Å². The smallest absolute Gasteiger partial charge is 0.389 e. The van der Waals surface area contributed by atoms with E-state index in [0.717, 1.165) is 5.56 Å². The van der Waals surface area contributed by atoms with E-state index in [9.17, 15) is 18.3 Å². The first-order chi connectivity index (χ1) is 7.83. The van der Waals surface area contributed by atoms with E-state index < -0.39 is 18.7 Å². The second-order valence-electron chi connectivity index (χ2n) is 3.92. The predicted octanol–water partition coefficient (Wildman–Crippen LogP) is 3.38. The van der Waals surface area contributed by atoms with E-state index in [-0.39, 0.29) is 6.42 Å². The van der Waals surface area contributed by atoms with Crippen molar-refractivity contribution in [3.05, 3.63) is 29.3 Å². The molecule has 1 N–H and O–H groups in total. The van der Waals surface area contributed by atoms with Gasteiger partial charge in [-0.3, -0.25) is 0 Å². The van der Waals surface area contributed by atoms with E-state index in [1.807, 2.05) is 6.92 Å². The summed E-state index contributed by atoms with van der Waals surface area (Å²) in [6, 6.07) is 5.01. The summed E-state index contributed by atoms with van der Waals surface area (Å²) < 4.78 is 41.1. The molecule has 0 heterocycles. The molecule has 17 heavy (non-hydrogen) atoms. The van der Waals surface area contributed by atoms with Gasteiger partial charge in [-0.05, 0) is 25.0 Å². The van der Waals surface area contributed by atoms with E-state index >= 15 is 0 Å². The van der Waals surface area contributed by atoms with E-state index in [1.165, 1.54) is 7.11 Å². The van der Waals surface area contributed by atoms with Crippen LogP contribution in [0.3, 0.4) is 0 Å². The van der Waals surface area contributed by atoms with Crippen LogP contribution in [0.25, 0.3) is 0 Å². The Kier molecular flexibility index (Phi) is 4.40. The number of hydrogen-bond acceptors (Lipinski definition) is 2. The Bertz CT molecular complexity index is 375. The second-order valence-corrected chi connectivity index (χ2v) is 3.92. The summed E-state index contributed by atoms with van der Waals surface area (Å²) in [5, 5.41) is 9.71. The first kappa shape index (κ1) is 13.8. The first-order valence-electron chi connectivity index (χ1n) is 5.23. The van der Waals surface area contributed by atoms with Crippen LogP contribution < -0.4 is 4.74 Å². The predicted molar refractivity (Wildman–Crippen MR) is 58.0 cm³/mol. The van der Waals surface area contributed by atoms with Crippen molar-refractivity contribution in [1.29, 1.82) is 0 Å². The van der Waals surface area contributed by atoms with Gasteiger partial charge >= 0.3 is 6.18 Å². The maximum atomic E-state index is 12.0. The van der Waals surface area contributed by atoms with Crippen LogP contribution >= 0.6 is 0 Å². The highest BCUT2D eigenvalue weighted by Crippen LogP contribution is 2.32. The van der Waals surface area contributed by atoms with Crippen molar-refractivity contribution in [2.75, 3.05) is 7.11 Å². The molecule has 0 saturated carbocycles. The van der Waals surface area contributed by atoms with Gasteiger partial charge in [0.25, 0.3) is 0 Å². The minimum Gasteiger partial charge on any atom is -0.496 e. The minimum atomic E-state index is -4.25. The average molecular weight is 248 g/mol. The van der Waals surface area contributed by atoms with Gasteiger partial charge < -0.3 is 9.84 Å². The highest BCUT2D eigenvalue weighted by molar-refractivity contribution is 5.38. The molecule has 1 aromatic rings. The minimum absolute atomic E-state index is 0.358. The topological polar surface area (TPSA) is 29.5 Å². The largest absolute Gasteiger partial charge is 0.496 e. The summed E-state index contributed by atoms with van der Waals surface area (Å²) in [6.07, 6.45) is -6.78. The van der Waals surface area contributed by atoms with E-state index in [4.69, 9.17) is 4.74 Å². The van der Waals surface area contributed by atoms with Crippen LogP contribution in [-0.4, -0.2) is 18.4 Å². The third-order valence-electron chi connectivity index (χ3n) is 2.45. The number of aliphatic hydroxyl groups excluding tert-OH is 1. The summed E-state index contributed by atoms with van der Waals surface area (Å²) in [4.78, 5) is 0. The van der Waals surface area contributed by atoms with Crippen molar-refractivity contribution in [3.8, 4) is 5.75 Å². The van der Waals surface area contributed by atoms with Gasteiger partial charge in [0.15, 0.2) is 0 Å². The molecule has 1 atom stereocenters. The molecule has 2 nitrogen and oxygen atoms in total. The van der Waals surface area contributed by atoms with Gasteiger partial charge in [0.05, 0.1) is 13.2 Å². The molecule has 0 amide bonds. The fraction of sp³-hybridized carbons (Fsp3) is 0.500. The number of halogens is 3. The fourth-order valence-corrected chi connectivity index (χ4v) is 1.55. The number of ether oxygens (including phenoxy) is 1. The second kappa shape index (κ2) is 5.40. The fourth-order valence-electron chi connectivity index (χ4n) is 1.55. The van der Waals surface area contributed by atoms with Gasteiger partial charge in [-0.1, -0.05) is 12.1 Å². The summed E-state index contributed by atoms with van der Waals surface area (Å²) in [6.45, 7) is 1.84. The Labute approximate surface area is 98.0 Å². The number of alkyl halides is 3. The molecule has 0 aliphatic heterocycles.